The fraction of sp³-hybridized carbons (Fsp3) is 0.105. The average molecular weight is 397 g/mol. The van der Waals surface area contributed by atoms with Crippen molar-refractivity contribution >= 4 is 33.1 Å². The number of sulfonamides is 1. The molecule has 8 nitrogen and oxygen atoms in total. The van der Waals surface area contributed by atoms with Crippen molar-refractivity contribution in [3.05, 3.63) is 72.7 Å². The maximum absolute atomic E-state index is 12.5. The quantitative estimate of drug-likeness (QED) is 0.565. The first-order valence-electron chi connectivity index (χ1n) is 8.42. The van der Waals surface area contributed by atoms with Crippen LogP contribution in [0.3, 0.4) is 0 Å². The molecule has 0 bridgehead atoms. The molecule has 0 saturated heterocycles. The molecular weight excluding hydrogens is 378 g/mol. The maximum atomic E-state index is 12.5. The first kappa shape index (κ1) is 19.3. The van der Waals surface area contributed by atoms with Gasteiger partial charge in [0.25, 0.3) is 10.0 Å². The molecule has 0 aliphatic rings. The minimum absolute atomic E-state index is 0.0715. The zero-order valence-corrected chi connectivity index (χ0v) is 15.9. The zero-order chi connectivity index (χ0) is 20.0. The molecule has 0 spiro atoms. The lowest BCUT2D eigenvalue weighted by Gasteiger charge is -2.10. The van der Waals surface area contributed by atoms with Gasteiger partial charge in [0.1, 0.15) is 5.82 Å². The highest BCUT2D eigenvalue weighted by atomic mass is 32.2. The van der Waals surface area contributed by atoms with E-state index in [0.717, 1.165) is 11.3 Å². The molecular formula is C19H19N5O3S. The summed E-state index contributed by atoms with van der Waals surface area (Å²) < 4.78 is 27.4. The number of aromatic nitrogens is 2. The highest BCUT2D eigenvalue weighted by Crippen LogP contribution is 2.18. The van der Waals surface area contributed by atoms with Crippen LogP contribution in [0.15, 0.2) is 72.0 Å². The number of amides is 1. The van der Waals surface area contributed by atoms with E-state index in [-0.39, 0.29) is 16.6 Å². The van der Waals surface area contributed by atoms with Gasteiger partial charge in [-0.15, -0.1) is 0 Å². The summed E-state index contributed by atoms with van der Waals surface area (Å²) in [5.74, 6) is -0.0203. The highest BCUT2D eigenvalue weighted by Gasteiger charge is 2.14. The van der Waals surface area contributed by atoms with Crippen molar-refractivity contribution in [2.75, 3.05) is 15.4 Å². The Hall–Kier alpha value is -3.46. The predicted molar refractivity (Wildman–Crippen MR) is 107 cm³/mol. The second-order valence-corrected chi connectivity index (χ2v) is 7.64. The topological polar surface area (TPSA) is 113 Å². The second kappa shape index (κ2) is 8.49. The van der Waals surface area contributed by atoms with Crippen LogP contribution < -0.4 is 15.4 Å². The van der Waals surface area contributed by atoms with E-state index in [9.17, 15) is 13.2 Å². The molecule has 0 radical (unpaired) electrons. The van der Waals surface area contributed by atoms with Gasteiger partial charge in [0.15, 0.2) is 0 Å². The Morgan fingerprint density at radius 3 is 2.36 bits per heavy atom. The van der Waals surface area contributed by atoms with Crippen LogP contribution in [0.2, 0.25) is 0 Å². The number of carbonyl (C=O) groups excluding carboxylic acids is 1. The zero-order valence-electron chi connectivity index (χ0n) is 15.1. The van der Waals surface area contributed by atoms with Gasteiger partial charge in [-0.2, -0.15) is 0 Å². The summed E-state index contributed by atoms with van der Waals surface area (Å²) in [6, 6.07) is 13.0. The summed E-state index contributed by atoms with van der Waals surface area (Å²) in [6.07, 6.45) is 5.02. The Labute approximate surface area is 163 Å². The molecule has 0 aliphatic heterocycles. The number of carbonyl (C=O) groups is 1. The van der Waals surface area contributed by atoms with Crippen molar-refractivity contribution in [1.29, 1.82) is 0 Å². The summed E-state index contributed by atoms with van der Waals surface area (Å²) in [6.45, 7) is 1.97. The fourth-order valence-electron chi connectivity index (χ4n) is 2.38. The molecule has 1 amide bonds. The maximum Gasteiger partial charge on any atom is 0.263 e. The summed E-state index contributed by atoms with van der Waals surface area (Å²) in [5.41, 5.74) is 2.30. The van der Waals surface area contributed by atoms with E-state index in [1.807, 2.05) is 12.1 Å². The number of anilines is 3. The summed E-state index contributed by atoms with van der Waals surface area (Å²) in [4.78, 5) is 19.3. The monoisotopic (exact) mass is 397 g/mol. The average Bonchev–Trinajstić information content (AvgIpc) is 2.68. The Balaban J connectivity index is 1.63. The minimum Gasteiger partial charge on any atom is -0.380 e. The van der Waals surface area contributed by atoms with E-state index < -0.39 is 10.0 Å². The Morgan fingerprint density at radius 1 is 1.00 bits per heavy atom. The fourth-order valence-corrected chi connectivity index (χ4v) is 3.39. The minimum atomic E-state index is -3.78. The molecule has 144 valence electrons. The molecule has 0 aliphatic carbocycles. The van der Waals surface area contributed by atoms with E-state index in [4.69, 9.17) is 0 Å². The summed E-state index contributed by atoms with van der Waals surface area (Å²) in [5, 5.41) is 5.78. The van der Waals surface area contributed by atoms with Crippen molar-refractivity contribution in [3.8, 4) is 0 Å². The molecule has 9 heteroatoms. The lowest BCUT2D eigenvalue weighted by molar-refractivity contribution is -0.114. The molecule has 2 heterocycles. The Morgan fingerprint density at radius 2 is 1.75 bits per heavy atom. The Kier molecular flexibility index (Phi) is 5.85. The molecule has 2 aromatic heterocycles. The van der Waals surface area contributed by atoms with Gasteiger partial charge in [0, 0.05) is 31.5 Å². The normalized spacial score (nSPS) is 10.9. The van der Waals surface area contributed by atoms with Crippen LogP contribution in [0.1, 0.15) is 12.5 Å². The van der Waals surface area contributed by atoms with Gasteiger partial charge in [-0.1, -0.05) is 6.07 Å². The number of hydrogen-bond acceptors (Lipinski definition) is 6. The lowest BCUT2D eigenvalue weighted by atomic mass is 10.3. The molecule has 0 atom stereocenters. The van der Waals surface area contributed by atoms with Crippen LogP contribution >= 0.6 is 0 Å². The highest BCUT2D eigenvalue weighted by molar-refractivity contribution is 7.92. The third kappa shape index (κ3) is 5.27. The molecule has 0 unspecified atom stereocenters. The van der Waals surface area contributed by atoms with Crippen molar-refractivity contribution in [3.63, 3.8) is 0 Å². The largest absolute Gasteiger partial charge is 0.380 e. The summed E-state index contributed by atoms with van der Waals surface area (Å²) >= 11 is 0. The third-order valence-corrected chi connectivity index (χ3v) is 5.08. The van der Waals surface area contributed by atoms with Crippen molar-refractivity contribution in [2.24, 2.45) is 0 Å². The molecule has 28 heavy (non-hydrogen) atoms. The van der Waals surface area contributed by atoms with Crippen molar-refractivity contribution in [2.45, 2.75) is 18.4 Å². The summed E-state index contributed by atoms with van der Waals surface area (Å²) in [7, 11) is -3.78. The first-order valence-corrected chi connectivity index (χ1v) is 9.90. The molecule has 1 aromatic carbocycles. The van der Waals surface area contributed by atoms with E-state index in [1.54, 1.807) is 30.7 Å². The number of nitrogens with one attached hydrogen (secondary N) is 3. The number of nitrogens with zero attached hydrogens (tertiary/aromatic N) is 2. The smallest absolute Gasteiger partial charge is 0.263 e. The van der Waals surface area contributed by atoms with Gasteiger partial charge >= 0.3 is 0 Å². The predicted octanol–water partition coefficient (Wildman–Crippen LogP) is 2.85. The van der Waals surface area contributed by atoms with Crippen LogP contribution in [-0.2, 0) is 21.4 Å². The molecule has 0 saturated carbocycles. The molecule has 0 fully saturated rings. The Bertz CT molecular complexity index is 1040. The molecule has 3 N–H and O–H groups in total. The first-order chi connectivity index (χ1) is 13.4. The van der Waals surface area contributed by atoms with Crippen LogP contribution in [0, 0.1) is 0 Å². The lowest BCUT2D eigenvalue weighted by Crippen LogP contribution is -2.14. The van der Waals surface area contributed by atoms with Gasteiger partial charge in [-0.3, -0.25) is 14.5 Å². The van der Waals surface area contributed by atoms with Gasteiger partial charge in [0.2, 0.25) is 5.91 Å². The molecule has 3 aromatic rings. The van der Waals surface area contributed by atoms with Crippen LogP contribution in [0.25, 0.3) is 0 Å². The van der Waals surface area contributed by atoms with E-state index in [1.165, 1.54) is 31.2 Å². The number of rotatable bonds is 7. The van der Waals surface area contributed by atoms with E-state index >= 15 is 0 Å². The van der Waals surface area contributed by atoms with Crippen LogP contribution in [-0.4, -0.2) is 24.3 Å². The number of benzene rings is 1. The van der Waals surface area contributed by atoms with Crippen LogP contribution in [0.4, 0.5) is 17.2 Å². The second-order valence-electron chi connectivity index (χ2n) is 5.96. The van der Waals surface area contributed by atoms with E-state index in [2.05, 4.69) is 25.3 Å². The molecule has 3 rings (SSSR count). The van der Waals surface area contributed by atoms with Crippen molar-refractivity contribution < 1.29 is 13.2 Å². The number of pyridine rings is 2. The van der Waals surface area contributed by atoms with E-state index in [0.29, 0.717) is 12.2 Å². The third-order valence-electron chi connectivity index (χ3n) is 3.71. The van der Waals surface area contributed by atoms with Crippen molar-refractivity contribution in [1.82, 2.24) is 9.97 Å². The van der Waals surface area contributed by atoms with Gasteiger partial charge < -0.3 is 10.6 Å². The standard InChI is InChI=1S/C19H19N5O3S/c1-14(25)23-16-4-7-18(8-5-16)28(26,27)24-19-9-6-17(13-22-19)21-12-15-3-2-10-20-11-15/h2-11,13,21H,12H2,1H3,(H,22,24)(H,23,25). The van der Waals surface area contributed by atoms with Gasteiger partial charge in [-0.05, 0) is 48.0 Å². The number of hydrogen-bond donors (Lipinski definition) is 3. The van der Waals surface area contributed by atoms with Gasteiger partial charge in [-0.25, -0.2) is 13.4 Å². The van der Waals surface area contributed by atoms with Crippen LogP contribution in [0.5, 0.6) is 0 Å². The van der Waals surface area contributed by atoms with Gasteiger partial charge in [0.05, 0.1) is 16.8 Å². The SMILES string of the molecule is CC(=O)Nc1ccc(S(=O)(=O)Nc2ccc(NCc3cccnc3)cn2)cc1.